The molecule has 0 saturated carbocycles. The summed E-state index contributed by atoms with van der Waals surface area (Å²) in [6.07, 6.45) is 0.927. The van der Waals surface area contributed by atoms with Crippen LogP contribution in [0.4, 0.5) is 14.5 Å². The molecule has 0 aliphatic carbocycles. The fourth-order valence-electron chi connectivity index (χ4n) is 2.09. The second kappa shape index (κ2) is 6.14. The second-order valence-corrected chi connectivity index (χ2v) is 5.17. The van der Waals surface area contributed by atoms with Crippen LogP contribution in [-0.4, -0.2) is 13.1 Å². The van der Waals surface area contributed by atoms with E-state index in [0.717, 1.165) is 6.42 Å². The number of nitrogens with zero attached hydrogens (tertiary/aromatic N) is 1. The average Bonchev–Trinajstić information content (AvgIpc) is 2.31. The Labute approximate surface area is 108 Å². The predicted molar refractivity (Wildman–Crippen MR) is 71.6 cm³/mol. The van der Waals surface area contributed by atoms with Crippen molar-refractivity contribution in [3.8, 4) is 0 Å². The van der Waals surface area contributed by atoms with Crippen LogP contribution in [0.3, 0.4) is 0 Å². The molecule has 102 valence electrons. The van der Waals surface area contributed by atoms with Gasteiger partial charge in [0.15, 0.2) is 11.6 Å². The normalized spacial score (nSPS) is 12.9. The van der Waals surface area contributed by atoms with Crippen LogP contribution in [0.5, 0.6) is 0 Å². The van der Waals surface area contributed by atoms with Crippen LogP contribution in [0.2, 0.25) is 0 Å². The number of rotatable bonds is 5. The molecule has 1 atom stereocenters. The van der Waals surface area contributed by atoms with E-state index in [0.29, 0.717) is 5.92 Å². The van der Waals surface area contributed by atoms with Crippen LogP contribution < -0.4 is 10.6 Å². The standard InChI is InChI=1S/C14H22F2N2/c1-9(2)7-10(3)18(4)12-6-5-11(8-17)13(15)14(12)16/h5-6,9-10H,7-8,17H2,1-4H3. The van der Waals surface area contributed by atoms with Crippen molar-refractivity contribution in [2.45, 2.75) is 39.8 Å². The van der Waals surface area contributed by atoms with Gasteiger partial charge in [0.2, 0.25) is 0 Å². The predicted octanol–water partition coefficient (Wildman–Crippen LogP) is 3.29. The molecule has 0 fully saturated rings. The minimum atomic E-state index is -0.835. The molecular formula is C14H22F2N2. The first-order valence-corrected chi connectivity index (χ1v) is 6.28. The summed E-state index contributed by atoms with van der Waals surface area (Å²) < 4.78 is 27.6. The maximum atomic E-state index is 13.9. The van der Waals surface area contributed by atoms with E-state index in [4.69, 9.17) is 5.73 Å². The summed E-state index contributed by atoms with van der Waals surface area (Å²) in [5.74, 6) is -1.13. The van der Waals surface area contributed by atoms with Gasteiger partial charge in [-0.25, -0.2) is 8.78 Å². The lowest BCUT2D eigenvalue weighted by molar-refractivity contribution is 0.477. The molecule has 4 heteroatoms. The molecule has 0 bridgehead atoms. The average molecular weight is 256 g/mol. The number of benzene rings is 1. The molecule has 0 aliphatic rings. The third kappa shape index (κ3) is 3.19. The molecule has 0 amide bonds. The van der Waals surface area contributed by atoms with Gasteiger partial charge >= 0.3 is 0 Å². The molecule has 0 radical (unpaired) electrons. The van der Waals surface area contributed by atoms with Crippen molar-refractivity contribution in [3.63, 3.8) is 0 Å². The third-order valence-corrected chi connectivity index (χ3v) is 3.22. The first-order valence-electron chi connectivity index (χ1n) is 6.28. The van der Waals surface area contributed by atoms with Gasteiger partial charge in [0, 0.05) is 25.2 Å². The Morgan fingerprint density at radius 3 is 2.28 bits per heavy atom. The van der Waals surface area contributed by atoms with E-state index >= 15 is 0 Å². The Bertz CT molecular complexity index is 405. The lowest BCUT2D eigenvalue weighted by Crippen LogP contribution is -2.31. The van der Waals surface area contributed by atoms with Crippen molar-refractivity contribution < 1.29 is 8.78 Å². The van der Waals surface area contributed by atoms with Crippen LogP contribution in [0, 0.1) is 17.6 Å². The molecular weight excluding hydrogens is 234 g/mol. The van der Waals surface area contributed by atoms with Crippen molar-refractivity contribution in [1.82, 2.24) is 0 Å². The van der Waals surface area contributed by atoms with Crippen molar-refractivity contribution in [3.05, 3.63) is 29.3 Å². The molecule has 2 nitrogen and oxygen atoms in total. The Hall–Kier alpha value is -1.16. The summed E-state index contributed by atoms with van der Waals surface area (Å²) >= 11 is 0. The monoisotopic (exact) mass is 256 g/mol. The summed E-state index contributed by atoms with van der Waals surface area (Å²) in [6, 6.07) is 3.30. The fraction of sp³-hybridized carbons (Fsp3) is 0.571. The minimum Gasteiger partial charge on any atom is -0.369 e. The van der Waals surface area contributed by atoms with Gasteiger partial charge in [0.25, 0.3) is 0 Å². The zero-order valence-corrected chi connectivity index (χ0v) is 11.5. The Morgan fingerprint density at radius 1 is 1.17 bits per heavy atom. The van der Waals surface area contributed by atoms with Crippen LogP contribution in [0.25, 0.3) is 0 Å². The fourth-order valence-corrected chi connectivity index (χ4v) is 2.09. The van der Waals surface area contributed by atoms with Crippen LogP contribution in [0.15, 0.2) is 12.1 Å². The van der Waals surface area contributed by atoms with Gasteiger partial charge in [-0.2, -0.15) is 0 Å². The van der Waals surface area contributed by atoms with Gasteiger partial charge in [-0.05, 0) is 25.3 Å². The van der Waals surface area contributed by atoms with E-state index in [2.05, 4.69) is 13.8 Å². The summed E-state index contributed by atoms with van der Waals surface area (Å²) in [6.45, 7) is 6.24. The third-order valence-electron chi connectivity index (χ3n) is 3.22. The number of nitrogens with two attached hydrogens (primary N) is 1. The summed E-state index contributed by atoms with van der Waals surface area (Å²) in [5.41, 5.74) is 5.85. The first kappa shape index (κ1) is 14.9. The van der Waals surface area contributed by atoms with E-state index in [1.165, 1.54) is 0 Å². The molecule has 1 unspecified atom stereocenters. The highest BCUT2D eigenvalue weighted by atomic mass is 19.2. The van der Waals surface area contributed by atoms with Gasteiger partial charge in [-0.3, -0.25) is 0 Å². The van der Waals surface area contributed by atoms with Gasteiger partial charge in [-0.1, -0.05) is 19.9 Å². The number of anilines is 1. The molecule has 0 aliphatic heterocycles. The lowest BCUT2D eigenvalue weighted by Gasteiger charge is -2.29. The van der Waals surface area contributed by atoms with Crippen molar-refractivity contribution in [2.75, 3.05) is 11.9 Å². The van der Waals surface area contributed by atoms with Crippen molar-refractivity contribution in [2.24, 2.45) is 11.7 Å². The molecule has 1 aromatic rings. The van der Waals surface area contributed by atoms with Gasteiger partial charge in [-0.15, -0.1) is 0 Å². The van der Waals surface area contributed by atoms with E-state index in [9.17, 15) is 8.78 Å². The van der Waals surface area contributed by atoms with E-state index in [-0.39, 0.29) is 23.8 Å². The smallest absolute Gasteiger partial charge is 0.182 e. The lowest BCUT2D eigenvalue weighted by atomic mass is 10.0. The largest absolute Gasteiger partial charge is 0.369 e. The topological polar surface area (TPSA) is 29.3 Å². The highest BCUT2D eigenvalue weighted by Crippen LogP contribution is 2.26. The molecule has 0 heterocycles. The maximum Gasteiger partial charge on any atom is 0.182 e. The SMILES string of the molecule is CC(C)CC(C)N(C)c1ccc(CN)c(F)c1F. The van der Waals surface area contributed by atoms with Gasteiger partial charge in [0.05, 0.1) is 5.69 Å². The van der Waals surface area contributed by atoms with E-state index in [1.54, 1.807) is 24.1 Å². The maximum absolute atomic E-state index is 13.9. The zero-order chi connectivity index (χ0) is 13.9. The van der Waals surface area contributed by atoms with E-state index in [1.807, 2.05) is 6.92 Å². The number of hydrogen-bond acceptors (Lipinski definition) is 2. The first-order chi connectivity index (χ1) is 8.38. The van der Waals surface area contributed by atoms with Gasteiger partial charge in [0.1, 0.15) is 0 Å². The summed E-state index contributed by atoms with van der Waals surface area (Å²) in [7, 11) is 1.78. The summed E-state index contributed by atoms with van der Waals surface area (Å²) in [4.78, 5) is 1.78. The minimum absolute atomic E-state index is 0.00823. The van der Waals surface area contributed by atoms with Crippen LogP contribution >= 0.6 is 0 Å². The quantitative estimate of drug-likeness (QED) is 0.876. The molecule has 1 aromatic carbocycles. The molecule has 18 heavy (non-hydrogen) atoms. The van der Waals surface area contributed by atoms with Crippen LogP contribution in [-0.2, 0) is 6.54 Å². The van der Waals surface area contributed by atoms with Crippen LogP contribution in [0.1, 0.15) is 32.8 Å². The highest BCUT2D eigenvalue weighted by Gasteiger charge is 2.19. The molecule has 0 spiro atoms. The summed E-state index contributed by atoms with van der Waals surface area (Å²) in [5, 5.41) is 0. The second-order valence-electron chi connectivity index (χ2n) is 5.17. The Balaban J connectivity index is 2.99. The Morgan fingerprint density at radius 2 is 1.78 bits per heavy atom. The molecule has 0 aromatic heterocycles. The molecule has 0 saturated heterocycles. The van der Waals surface area contributed by atoms with E-state index < -0.39 is 11.6 Å². The highest BCUT2D eigenvalue weighted by molar-refractivity contribution is 5.50. The molecule has 1 rings (SSSR count). The Kier molecular flexibility index (Phi) is 5.08. The number of halogens is 2. The molecule has 2 N–H and O–H groups in total. The van der Waals surface area contributed by atoms with Crippen molar-refractivity contribution >= 4 is 5.69 Å². The zero-order valence-electron chi connectivity index (χ0n) is 11.5. The van der Waals surface area contributed by atoms with Crippen molar-refractivity contribution in [1.29, 1.82) is 0 Å². The van der Waals surface area contributed by atoms with Gasteiger partial charge < -0.3 is 10.6 Å². The number of hydrogen-bond donors (Lipinski definition) is 1.